The molecule has 0 radical (unpaired) electrons. The van der Waals surface area contributed by atoms with Crippen molar-refractivity contribution in [2.75, 3.05) is 13.2 Å². The summed E-state index contributed by atoms with van der Waals surface area (Å²) in [7, 11) is 0. The molecule has 2 aliphatic rings. The van der Waals surface area contributed by atoms with Crippen LogP contribution in [0.15, 0.2) is 60.7 Å². The first-order valence-corrected chi connectivity index (χ1v) is 11.4. The lowest BCUT2D eigenvalue weighted by atomic mass is 9.75. The quantitative estimate of drug-likeness (QED) is 0.326. The van der Waals surface area contributed by atoms with Crippen LogP contribution in [-0.2, 0) is 16.6 Å². The monoisotopic (exact) mass is 378 g/mol. The molecule has 152 valence electrons. The highest BCUT2D eigenvalue weighted by Crippen LogP contribution is 2.35. The van der Waals surface area contributed by atoms with Crippen LogP contribution in [0.4, 0.5) is 0 Å². The summed E-state index contributed by atoms with van der Waals surface area (Å²) in [5, 5.41) is 0. The van der Waals surface area contributed by atoms with Gasteiger partial charge in [-0.1, -0.05) is 67.6 Å². The zero-order valence-electron chi connectivity index (χ0n) is 17.9. The number of benzene rings is 1. The molecule has 3 rings (SSSR count). The van der Waals surface area contributed by atoms with Crippen molar-refractivity contribution in [1.82, 2.24) is 0 Å². The Morgan fingerprint density at radius 3 is 2.50 bits per heavy atom. The molecule has 1 saturated carbocycles. The van der Waals surface area contributed by atoms with Crippen molar-refractivity contribution in [3.8, 4) is 0 Å². The molecule has 1 fully saturated rings. The first kappa shape index (κ1) is 21.1. The molecule has 0 aliphatic heterocycles. The molecule has 0 saturated heterocycles. The average Bonchev–Trinajstić information content (AvgIpc) is 2.75. The predicted molar refractivity (Wildman–Crippen MR) is 121 cm³/mol. The van der Waals surface area contributed by atoms with Crippen LogP contribution < -0.4 is 0 Å². The topological polar surface area (TPSA) is 9.23 Å². The van der Waals surface area contributed by atoms with Crippen LogP contribution in [0.2, 0.25) is 0 Å². The summed E-state index contributed by atoms with van der Waals surface area (Å²) in [6.45, 7) is 5.93. The largest absolute Gasteiger partial charge is 0.380 e. The first-order chi connectivity index (χ1) is 13.8. The van der Waals surface area contributed by atoms with E-state index in [1.807, 2.05) is 0 Å². The molecule has 1 unspecified atom stereocenters. The molecule has 0 N–H and O–H groups in total. The van der Waals surface area contributed by atoms with Gasteiger partial charge in [-0.3, -0.25) is 0 Å². The van der Waals surface area contributed by atoms with E-state index in [1.54, 1.807) is 0 Å². The van der Waals surface area contributed by atoms with E-state index in [0.717, 1.165) is 37.9 Å². The van der Waals surface area contributed by atoms with Crippen molar-refractivity contribution in [1.29, 1.82) is 0 Å². The molecule has 1 heteroatoms. The molecule has 28 heavy (non-hydrogen) atoms. The molecular weight excluding hydrogens is 340 g/mol. The van der Waals surface area contributed by atoms with E-state index >= 15 is 0 Å². The third-order valence-electron chi connectivity index (χ3n) is 6.58. The number of ether oxygens (including phenoxy) is 1. The number of rotatable bonds is 9. The summed E-state index contributed by atoms with van der Waals surface area (Å²) >= 11 is 0. The van der Waals surface area contributed by atoms with Crippen LogP contribution in [0.25, 0.3) is 0 Å². The molecule has 0 amide bonds. The summed E-state index contributed by atoms with van der Waals surface area (Å²) < 4.78 is 5.97. The molecule has 2 aliphatic carbocycles. The fraction of sp³-hybridized carbons (Fsp3) is 0.556. The van der Waals surface area contributed by atoms with Crippen LogP contribution in [0, 0.1) is 11.8 Å². The van der Waals surface area contributed by atoms with E-state index in [-0.39, 0.29) is 5.41 Å². The number of hydrogen-bond acceptors (Lipinski definition) is 1. The number of aryl methyl sites for hydroxylation is 1. The zero-order chi connectivity index (χ0) is 19.7. The summed E-state index contributed by atoms with van der Waals surface area (Å²) in [6.07, 6.45) is 23.8. The molecule has 0 bridgehead atoms. The third-order valence-corrected chi connectivity index (χ3v) is 6.58. The Kier molecular flexibility index (Phi) is 8.15. The predicted octanol–water partition coefficient (Wildman–Crippen LogP) is 7.18. The second kappa shape index (κ2) is 10.8. The lowest BCUT2D eigenvalue weighted by Crippen LogP contribution is -2.30. The van der Waals surface area contributed by atoms with E-state index in [4.69, 9.17) is 4.74 Å². The van der Waals surface area contributed by atoms with Crippen molar-refractivity contribution in [3.63, 3.8) is 0 Å². The van der Waals surface area contributed by atoms with Gasteiger partial charge in [0.25, 0.3) is 0 Å². The highest BCUT2D eigenvalue weighted by molar-refractivity contribution is 5.37. The van der Waals surface area contributed by atoms with Crippen LogP contribution in [0.3, 0.4) is 0 Å². The van der Waals surface area contributed by atoms with Gasteiger partial charge in [0.15, 0.2) is 0 Å². The van der Waals surface area contributed by atoms with Crippen molar-refractivity contribution in [2.24, 2.45) is 11.8 Å². The SMILES string of the molecule is C/C=C\[C@H]1CC[C@H](CCc2ccc(C3(COCCC)C=CC=CC3)cc2)CC1. The Morgan fingerprint density at radius 2 is 1.86 bits per heavy atom. The van der Waals surface area contributed by atoms with Crippen molar-refractivity contribution >= 4 is 0 Å². The standard InChI is InChI=1S/C27H38O/c1-3-8-23-9-11-24(12-10-23)13-14-25-15-17-26(18-16-25)27(22-28-21-4-2)19-6-5-7-20-27/h3,5-8,15-19,23-24H,4,9-14,20-22H2,1-2H3/b8-3-/t23-,24-,27?. The highest BCUT2D eigenvalue weighted by atomic mass is 16.5. The Morgan fingerprint density at radius 1 is 1.07 bits per heavy atom. The van der Waals surface area contributed by atoms with Crippen molar-refractivity contribution in [3.05, 3.63) is 71.8 Å². The van der Waals surface area contributed by atoms with Crippen LogP contribution in [-0.4, -0.2) is 13.2 Å². The minimum atomic E-state index is 0.00757. The molecular formula is C27H38O. The fourth-order valence-corrected chi connectivity index (χ4v) is 4.78. The normalized spacial score (nSPS) is 27.5. The second-order valence-electron chi connectivity index (χ2n) is 8.74. The van der Waals surface area contributed by atoms with Gasteiger partial charge in [-0.2, -0.15) is 0 Å². The summed E-state index contributed by atoms with van der Waals surface area (Å²) in [4.78, 5) is 0. The summed E-state index contributed by atoms with van der Waals surface area (Å²) in [5.74, 6) is 1.76. The Hall–Kier alpha value is -1.60. The molecule has 0 spiro atoms. The van der Waals surface area contributed by atoms with E-state index < -0.39 is 0 Å². The van der Waals surface area contributed by atoms with Crippen LogP contribution >= 0.6 is 0 Å². The van der Waals surface area contributed by atoms with Crippen LogP contribution in [0.5, 0.6) is 0 Å². The van der Waals surface area contributed by atoms with Gasteiger partial charge in [0.05, 0.1) is 6.61 Å². The molecule has 1 nitrogen and oxygen atoms in total. The van der Waals surface area contributed by atoms with E-state index in [9.17, 15) is 0 Å². The molecule has 0 heterocycles. The Labute approximate surface area is 172 Å². The van der Waals surface area contributed by atoms with Crippen molar-refractivity contribution < 1.29 is 4.74 Å². The second-order valence-corrected chi connectivity index (χ2v) is 8.74. The minimum absolute atomic E-state index is 0.00757. The fourth-order valence-electron chi connectivity index (χ4n) is 4.78. The van der Waals surface area contributed by atoms with Gasteiger partial charge >= 0.3 is 0 Å². The molecule has 1 atom stereocenters. The maximum absolute atomic E-state index is 5.97. The van der Waals surface area contributed by atoms with E-state index in [0.29, 0.717) is 0 Å². The zero-order valence-corrected chi connectivity index (χ0v) is 17.9. The summed E-state index contributed by atoms with van der Waals surface area (Å²) in [5.41, 5.74) is 2.88. The lowest BCUT2D eigenvalue weighted by molar-refractivity contribution is 0.0990. The Balaban J connectivity index is 1.55. The van der Waals surface area contributed by atoms with Crippen LogP contribution in [0.1, 0.15) is 69.9 Å². The van der Waals surface area contributed by atoms with E-state index in [2.05, 4.69) is 74.6 Å². The van der Waals surface area contributed by atoms with Gasteiger partial charge < -0.3 is 4.74 Å². The maximum Gasteiger partial charge on any atom is 0.0600 e. The van der Waals surface area contributed by atoms with Gasteiger partial charge in [0.2, 0.25) is 0 Å². The highest BCUT2D eigenvalue weighted by Gasteiger charge is 2.29. The Bertz CT molecular complexity index is 658. The third kappa shape index (κ3) is 5.70. The first-order valence-electron chi connectivity index (χ1n) is 11.4. The van der Waals surface area contributed by atoms with Gasteiger partial charge in [-0.05, 0) is 81.3 Å². The molecule has 1 aromatic carbocycles. The lowest BCUT2D eigenvalue weighted by Gasteiger charge is -2.32. The average molecular weight is 379 g/mol. The maximum atomic E-state index is 5.97. The number of allylic oxidation sites excluding steroid dienone is 5. The van der Waals surface area contributed by atoms with Gasteiger partial charge in [0, 0.05) is 12.0 Å². The smallest absolute Gasteiger partial charge is 0.0600 e. The summed E-state index contributed by atoms with van der Waals surface area (Å²) in [6, 6.07) is 9.40. The van der Waals surface area contributed by atoms with E-state index in [1.165, 1.54) is 49.7 Å². The minimum Gasteiger partial charge on any atom is -0.380 e. The van der Waals surface area contributed by atoms with Gasteiger partial charge in [-0.25, -0.2) is 0 Å². The number of hydrogen-bond donors (Lipinski definition) is 0. The van der Waals surface area contributed by atoms with Gasteiger partial charge in [0.1, 0.15) is 0 Å². The van der Waals surface area contributed by atoms with Crippen molar-refractivity contribution in [2.45, 2.75) is 70.6 Å². The molecule has 1 aromatic rings. The van der Waals surface area contributed by atoms with Gasteiger partial charge in [-0.15, -0.1) is 0 Å². The molecule has 0 aromatic heterocycles.